The van der Waals surface area contributed by atoms with Gasteiger partial charge in [-0.1, -0.05) is 36.4 Å². The molecule has 1 aliphatic carbocycles. The summed E-state index contributed by atoms with van der Waals surface area (Å²) < 4.78 is 18.6. The van der Waals surface area contributed by atoms with Gasteiger partial charge >= 0.3 is 11.9 Å². The first-order valence-corrected chi connectivity index (χ1v) is 14.4. The molecule has 0 saturated heterocycles. The van der Waals surface area contributed by atoms with Gasteiger partial charge < -0.3 is 37.3 Å². The Kier molecular flexibility index (Phi) is 14.9. The molecule has 1 aliphatic rings. The number of halogens is 1. The largest absolute Gasteiger partial charge is 0.393 e. The summed E-state index contributed by atoms with van der Waals surface area (Å²) in [6, 6.07) is 5.42. The van der Waals surface area contributed by atoms with Gasteiger partial charge in [-0.05, 0) is 50.2 Å². The van der Waals surface area contributed by atoms with Crippen LogP contribution in [0.3, 0.4) is 0 Å². The lowest BCUT2D eigenvalue weighted by Gasteiger charge is -2.19. The smallest absolute Gasteiger partial charge is 0.330 e. The number of ether oxygens (including phenoxy) is 1. The van der Waals surface area contributed by atoms with Crippen molar-refractivity contribution in [1.29, 1.82) is 0 Å². The minimum atomic E-state index is -0.931. The van der Waals surface area contributed by atoms with Crippen molar-refractivity contribution in [2.24, 2.45) is 34.0 Å². The zero-order valence-electron chi connectivity index (χ0n) is 22.5. The fourth-order valence-corrected chi connectivity index (χ4v) is 5.21. The van der Waals surface area contributed by atoms with Crippen LogP contribution in [0.25, 0.3) is 0 Å². The van der Waals surface area contributed by atoms with Crippen molar-refractivity contribution in [3.05, 3.63) is 54.4 Å². The lowest BCUT2D eigenvalue weighted by molar-refractivity contribution is -0.160. The molecule has 6 atom stereocenters. The number of rotatable bonds is 16. The number of carbonyl (C=O) groups excluding carboxylic acids is 2. The van der Waals surface area contributed by atoms with Gasteiger partial charge in [0.25, 0.3) is 0 Å². The van der Waals surface area contributed by atoms with Crippen LogP contribution in [0.1, 0.15) is 44.9 Å². The van der Waals surface area contributed by atoms with Gasteiger partial charge in [0.2, 0.25) is 0 Å². The Balaban J connectivity index is 1.70. The van der Waals surface area contributed by atoms with E-state index in [4.69, 9.17) is 21.9 Å². The number of aliphatic hydroxyl groups excluding tert-OH is 3. The molecule has 0 spiro atoms. The fourth-order valence-electron chi connectivity index (χ4n) is 4.37. The molecule has 1 fully saturated rings. The third-order valence-corrected chi connectivity index (χ3v) is 7.68. The highest BCUT2D eigenvalue weighted by atomic mass is 32.2. The second-order valence-electron chi connectivity index (χ2n) is 9.75. The molecule has 1 aromatic rings. The molecule has 222 valence electrons. The predicted octanol–water partition coefficient (Wildman–Crippen LogP) is 1.76. The first-order chi connectivity index (χ1) is 19.1. The zero-order chi connectivity index (χ0) is 29.5. The Morgan fingerprint density at radius 3 is 2.65 bits per heavy atom. The molecular formula is C28H41FN4O6S. The topological polar surface area (TPSA) is 194 Å². The first kappa shape index (κ1) is 33.4. The molecule has 0 aromatic heterocycles. The van der Waals surface area contributed by atoms with Crippen molar-refractivity contribution >= 4 is 29.7 Å². The van der Waals surface area contributed by atoms with Crippen molar-refractivity contribution in [1.82, 2.24) is 0 Å². The molecule has 0 amide bonds. The summed E-state index contributed by atoms with van der Waals surface area (Å²) >= 11 is 1.20. The predicted molar refractivity (Wildman–Crippen MR) is 152 cm³/mol. The van der Waals surface area contributed by atoms with Gasteiger partial charge in [-0.3, -0.25) is 9.79 Å². The number of nitrogens with zero attached hydrogens (tertiary/aromatic N) is 1. The van der Waals surface area contributed by atoms with E-state index in [1.54, 1.807) is 30.4 Å². The second kappa shape index (κ2) is 17.8. The number of hydrogen-bond acceptors (Lipinski definition) is 9. The van der Waals surface area contributed by atoms with E-state index in [0.717, 1.165) is 0 Å². The van der Waals surface area contributed by atoms with Gasteiger partial charge in [0.1, 0.15) is 11.9 Å². The first-order valence-electron chi connectivity index (χ1n) is 13.4. The maximum atomic E-state index is 13.8. The average Bonchev–Trinajstić information content (AvgIpc) is 3.17. The maximum Gasteiger partial charge on any atom is 0.330 e. The van der Waals surface area contributed by atoms with E-state index in [0.29, 0.717) is 37.1 Å². The summed E-state index contributed by atoms with van der Waals surface area (Å²) in [6.07, 6.45) is 7.40. The number of aliphatic hydroxyl groups is 3. The standard InChI is InChI=1S/C28H41FN4O6S/c29-21-9-5-6-11-25(21)40-17-18(34)13-14-20-19(23(35)16-24(20)36)8-3-1-2-4-12-26(37)39-27(38)22(30)10-7-15-33-28(31)32/h1,3,5-6,9,11,13-14,18-20,22-24,34-36H,2,4,7-8,10,12,15-17,30H2,(H4,31,32,33)/t18-,19-,20-,22+,23+,24-/m1/s1. The number of carbonyl (C=O) groups is 2. The van der Waals surface area contributed by atoms with Crippen LogP contribution in [0.5, 0.6) is 0 Å². The van der Waals surface area contributed by atoms with Crippen LogP contribution in [0.15, 0.2) is 58.5 Å². The molecule has 0 aliphatic heterocycles. The van der Waals surface area contributed by atoms with Gasteiger partial charge in [0.15, 0.2) is 5.96 Å². The summed E-state index contributed by atoms with van der Waals surface area (Å²) in [5.74, 6) is -2.13. The summed E-state index contributed by atoms with van der Waals surface area (Å²) in [6.45, 7) is 0.329. The Labute approximate surface area is 238 Å². The number of allylic oxidation sites excluding steroid dienone is 2. The van der Waals surface area contributed by atoms with E-state index < -0.39 is 36.3 Å². The molecule has 0 heterocycles. The Bertz CT molecular complexity index is 1040. The SMILES string of the molecule is NC(N)=NCCC[C@H](N)C(=O)OC(=O)CCCC=CC[C@@H]1[C@@H](C=C[C@@H](O)CSc2ccccc2F)[C@H](O)C[C@@H]1O. The number of esters is 2. The lowest BCUT2D eigenvalue weighted by Crippen LogP contribution is -2.34. The minimum Gasteiger partial charge on any atom is -0.393 e. The summed E-state index contributed by atoms with van der Waals surface area (Å²) in [7, 11) is 0. The third-order valence-electron chi connectivity index (χ3n) is 6.53. The van der Waals surface area contributed by atoms with Gasteiger partial charge in [-0.25, -0.2) is 9.18 Å². The highest BCUT2D eigenvalue weighted by molar-refractivity contribution is 7.99. The van der Waals surface area contributed by atoms with Crippen LogP contribution >= 0.6 is 11.8 Å². The Hall–Kier alpha value is -2.77. The molecule has 0 radical (unpaired) electrons. The highest BCUT2D eigenvalue weighted by Gasteiger charge is 2.39. The Morgan fingerprint density at radius 1 is 1.18 bits per heavy atom. The van der Waals surface area contributed by atoms with Gasteiger partial charge in [-0.15, -0.1) is 11.8 Å². The van der Waals surface area contributed by atoms with Crippen LogP contribution in [-0.2, 0) is 14.3 Å². The van der Waals surface area contributed by atoms with Gasteiger partial charge in [0.05, 0.1) is 18.3 Å². The molecule has 9 N–H and O–H groups in total. The second-order valence-corrected chi connectivity index (χ2v) is 10.8. The van der Waals surface area contributed by atoms with Crippen molar-refractivity contribution in [2.45, 2.75) is 74.2 Å². The van der Waals surface area contributed by atoms with E-state index in [2.05, 4.69) is 4.99 Å². The Morgan fingerprint density at radius 2 is 1.93 bits per heavy atom. The number of benzene rings is 1. The number of nitrogens with two attached hydrogens (primary N) is 3. The summed E-state index contributed by atoms with van der Waals surface area (Å²) in [5.41, 5.74) is 16.2. The quantitative estimate of drug-likeness (QED) is 0.0319. The highest BCUT2D eigenvalue weighted by Crippen LogP contribution is 2.36. The number of thioether (sulfide) groups is 1. The van der Waals surface area contributed by atoms with E-state index in [9.17, 15) is 29.3 Å². The van der Waals surface area contributed by atoms with Crippen molar-refractivity contribution in [3.8, 4) is 0 Å². The summed E-state index contributed by atoms with van der Waals surface area (Å²) in [5, 5.41) is 31.1. The van der Waals surface area contributed by atoms with Crippen LogP contribution in [0, 0.1) is 17.7 Å². The van der Waals surface area contributed by atoms with Crippen molar-refractivity contribution in [2.75, 3.05) is 12.3 Å². The fraction of sp³-hybridized carbons (Fsp3) is 0.536. The van der Waals surface area contributed by atoms with E-state index in [1.165, 1.54) is 17.8 Å². The third kappa shape index (κ3) is 12.2. The molecule has 10 nitrogen and oxygen atoms in total. The molecule has 0 bridgehead atoms. The molecular weight excluding hydrogens is 539 g/mol. The number of unbranched alkanes of at least 4 members (excludes halogenated alkanes) is 1. The van der Waals surface area contributed by atoms with Gasteiger partial charge in [0, 0.05) is 36.0 Å². The lowest BCUT2D eigenvalue weighted by atomic mass is 9.89. The number of hydrogen-bond donors (Lipinski definition) is 6. The zero-order valence-corrected chi connectivity index (χ0v) is 23.3. The molecule has 1 saturated carbocycles. The van der Waals surface area contributed by atoms with Crippen LogP contribution in [0.4, 0.5) is 4.39 Å². The van der Waals surface area contributed by atoms with Crippen LogP contribution in [-0.4, -0.2) is 69.9 Å². The molecule has 2 rings (SSSR count). The van der Waals surface area contributed by atoms with E-state index >= 15 is 0 Å². The molecule has 1 aromatic carbocycles. The molecule has 12 heteroatoms. The van der Waals surface area contributed by atoms with E-state index in [-0.39, 0.29) is 48.6 Å². The van der Waals surface area contributed by atoms with Crippen LogP contribution in [0.2, 0.25) is 0 Å². The molecule has 40 heavy (non-hydrogen) atoms. The summed E-state index contributed by atoms with van der Waals surface area (Å²) in [4.78, 5) is 28.1. The van der Waals surface area contributed by atoms with Gasteiger partial charge in [-0.2, -0.15) is 0 Å². The van der Waals surface area contributed by atoms with Crippen molar-refractivity contribution < 1.29 is 34.0 Å². The van der Waals surface area contributed by atoms with E-state index in [1.807, 2.05) is 12.2 Å². The maximum absolute atomic E-state index is 13.8. The average molecular weight is 581 g/mol. The van der Waals surface area contributed by atoms with Crippen LogP contribution < -0.4 is 17.2 Å². The van der Waals surface area contributed by atoms with Crippen molar-refractivity contribution in [3.63, 3.8) is 0 Å². The monoisotopic (exact) mass is 580 g/mol. The normalized spacial score (nSPS) is 22.4. The molecule has 0 unspecified atom stereocenters. The number of aliphatic imine (C=N–C) groups is 1. The minimum absolute atomic E-state index is 0.0435. The number of guanidine groups is 1.